The number of halogens is 3. The van der Waals surface area contributed by atoms with Gasteiger partial charge in [-0.05, 0) is 16.7 Å². The van der Waals surface area contributed by atoms with E-state index in [-0.39, 0.29) is 12.4 Å². The van der Waals surface area contributed by atoms with E-state index in [1.54, 1.807) is 17.0 Å². The van der Waals surface area contributed by atoms with Crippen LogP contribution in [-0.2, 0) is 0 Å². The number of rotatable bonds is 5. The maximum absolute atomic E-state index is 14.4. The van der Waals surface area contributed by atoms with E-state index in [0.717, 1.165) is 11.1 Å². The van der Waals surface area contributed by atoms with Gasteiger partial charge in [0.05, 0.1) is 0 Å². The lowest BCUT2D eigenvalue weighted by Gasteiger charge is -2.38. The molecular weight excluding hydrogens is 346 g/mol. The Bertz CT molecular complexity index is 646. The molecule has 0 aromatic heterocycles. The summed E-state index contributed by atoms with van der Waals surface area (Å²) in [5.41, 5.74) is 2.58. The van der Waals surface area contributed by atoms with E-state index in [2.05, 4.69) is 5.32 Å². The van der Waals surface area contributed by atoms with Crippen LogP contribution in [0.25, 0.3) is 11.1 Å². The minimum Gasteiger partial charge on any atom is -0.390 e. The molecule has 1 heterocycles. The topological polar surface area (TPSA) is 35.5 Å². The fraction of sp³-hybridized carbons (Fsp3) is 0.368. The van der Waals surface area contributed by atoms with Crippen LogP contribution in [0, 0.1) is 0 Å². The van der Waals surface area contributed by atoms with Gasteiger partial charge in [-0.3, -0.25) is 4.90 Å². The fourth-order valence-corrected chi connectivity index (χ4v) is 3.24. The van der Waals surface area contributed by atoms with Crippen molar-refractivity contribution in [2.45, 2.75) is 12.0 Å². The van der Waals surface area contributed by atoms with Crippen LogP contribution in [0.1, 0.15) is 11.6 Å². The number of nitrogens with one attached hydrogen (secondary N) is 1. The van der Waals surface area contributed by atoms with Crippen LogP contribution in [0.4, 0.5) is 8.78 Å². The van der Waals surface area contributed by atoms with E-state index in [1.165, 1.54) is 0 Å². The summed E-state index contributed by atoms with van der Waals surface area (Å²) in [6.45, 7) is 1.30. The molecule has 1 fully saturated rings. The van der Waals surface area contributed by atoms with Crippen LogP contribution in [0.3, 0.4) is 0 Å². The minimum atomic E-state index is -3.17. The van der Waals surface area contributed by atoms with Gasteiger partial charge in [0.25, 0.3) is 5.92 Å². The van der Waals surface area contributed by atoms with Gasteiger partial charge in [0.1, 0.15) is 12.6 Å². The van der Waals surface area contributed by atoms with Crippen LogP contribution >= 0.6 is 12.4 Å². The summed E-state index contributed by atoms with van der Waals surface area (Å²) in [5.74, 6) is -3.17. The Balaban J connectivity index is 0.00000225. The first kappa shape index (κ1) is 19.8. The molecule has 3 rings (SSSR count). The first-order valence-electron chi connectivity index (χ1n) is 8.20. The highest BCUT2D eigenvalue weighted by Gasteiger charge is 2.43. The Morgan fingerprint density at radius 2 is 1.52 bits per heavy atom. The largest absolute Gasteiger partial charge is 0.390 e. The summed E-state index contributed by atoms with van der Waals surface area (Å²) < 4.78 is 28.8. The molecule has 6 heteroatoms. The number of benzene rings is 2. The number of nitrogens with zero attached hydrogens (tertiary/aromatic N) is 1. The minimum absolute atomic E-state index is 0. The first-order chi connectivity index (χ1) is 11.6. The first-order valence-corrected chi connectivity index (χ1v) is 8.20. The van der Waals surface area contributed by atoms with Crippen molar-refractivity contribution in [1.29, 1.82) is 0 Å². The molecule has 0 radical (unpaired) electrons. The molecule has 1 aliphatic heterocycles. The van der Waals surface area contributed by atoms with Crippen LogP contribution in [0.5, 0.6) is 0 Å². The Labute approximate surface area is 153 Å². The van der Waals surface area contributed by atoms with E-state index >= 15 is 0 Å². The Morgan fingerprint density at radius 3 is 2.08 bits per heavy atom. The van der Waals surface area contributed by atoms with Crippen molar-refractivity contribution in [1.82, 2.24) is 10.2 Å². The molecule has 0 spiro atoms. The average Bonchev–Trinajstić information content (AvgIpc) is 2.64. The standard InChI is InChI=1S/C19H22F2N2O.ClH/c20-19(21,14-24)18(23-12-10-22-11-13-23)17-8-6-16(7-9-17)15-4-2-1-3-5-15;/h1-9,18,22,24H,10-14H2;1H/t18-;/m1./s1. The van der Waals surface area contributed by atoms with Gasteiger partial charge < -0.3 is 10.4 Å². The molecule has 2 N–H and O–H groups in total. The highest BCUT2D eigenvalue weighted by molar-refractivity contribution is 5.85. The highest BCUT2D eigenvalue weighted by Crippen LogP contribution is 2.37. The summed E-state index contributed by atoms with van der Waals surface area (Å²) >= 11 is 0. The van der Waals surface area contributed by atoms with Crippen LogP contribution in [0.2, 0.25) is 0 Å². The van der Waals surface area contributed by atoms with Crippen molar-refractivity contribution < 1.29 is 13.9 Å². The smallest absolute Gasteiger partial charge is 0.289 e. The van der Waals surface area contributed by atoms with Gasteiger partial charge in [-0.1, -0.05) is 54.6 Å². The van der Waals surface area contributed by atoms with Gasteiger partial charge in [-0.15, -0.1) is 12.4 Å². The average molecular weight is 369 g/mol. The molecule has 1 aliphatic rings. The van der Waals surface area contributed by atoms with E-state index < -0.39 is 18.6 Å². The zero-order valence-corrected chi connectivity index (χ0v) is 14.7. The molecule has 0 bridgehead atoms. The molecule has 0 saturated carbocycles. The van der Waals surface area contributed by atoms with E-state index in [0.29, 0.717) is 31.7 Å². The lowest BCUT2D eigenvalue weighted by molar-refractivity contribution is -0.118. The maximum atomic E-state index is 14.4. The lowest BCUT2D eigenvalue weighted by atomic mass is 9.95. The molecule has 0 amide bonds. The molecule has 0 aliphatic carbocycles. The number of alkyl halides is 2. The normalized spacial score (nSPS) is 16.9. The van der Waals surface area contributed by atoms with Crippen LogP contribution in [0.15, 0.2) is 54.6 Å². The molecule has 1 atom stereocenters. The summed E-state index contributed by atoms with van der Waals surface area (Å²) in [7, 11) is 0. The van der Waals surface area contributed by atoms with Gasteiger partial charge in [-0.25, -0.2) is 8.78 Å². The lowest BCUT2D eigenvalue weighted by Crippen LogP contribution is -2.51. The van der Waals surface area contributed by atoms with Gasteiger partial charge in [0.2, 0.25) is 0 Å². The van der Waals surface area contributed by atoms with Gasteiger partial charge in [0, 0.05) is 26.2 Å². The molecule has 2 aromatic rings. The monoisotopic (exact) mass is 368 g/mol. The Morgan fingerprint density at radius 1 is 0.960 bits per heavy atom. The summed E-state index contributed by atoms with van der Waals surface area (Å²) in [4.78, 5) is 1.75. The third kappa shape index (κ3) is 4.55. The van der Waals surface area contributed by atoms with Crippen molar-refractivity contribution in [2.75, 3.05) is 32.8 Å². The van der Waals surface area contributed by atoms with E-state index in [9.17, 15) is 13.9 Å². The van der Waals surface area contributed by atoms with Gasteiger partial charge in [-0.2, -0.15) is 0 Å². The van der Waals surface area contributed by atoms with Crippen molar-refractivity contribution in [3.63, 3.8) is 0 Å². The van der Waals surface area contributed by atoms with Crippen LogP contribution < -0.4 is 5.32 Å². The van der Waals surface area contributed by atoms with Gasteiger partial charge in [0.15, 0.2) is 0 Å². The Kier molecular flexibility index (Phi) is 6.90. The fourth-order valence-electron chi connectivity index (χ4n) is 3.24. The molecule has 1 saturated heterocycles. The second-order valence-corrected chi connectivity index (χ2v) is 6.10. The second-order valence-electron chi connectivity index (χ2n) is 6.10. The van der Waals surface area contributed by atoms with E-state index in [4.69, 9.17) is 0 Å². The third-order valence-electron chi connectivity index (χ3n) is 4.46. The van der Waals surface area contributed by atoms with Crippen molar-refractivity contribution >= 4 is 12.4 Å². The number of hydrogen-bond acceptors (Lipinski definition) is 3. The SMILES string of the molecule is Cl.OCC(F)(F)[C@@H](c1ccc(-c2ccccc2)cc1)N1CCNCC1. The molecule has 0 unspecified atom stereocenters. The van der Waals surface area contributed by atoms with E-state index in [1.807, 2.05) is 42.5 Å². The second kappa shape index (κ2) is 8.72. The molecule has 25 heavy (non-hydrogen) atoms. The van der Waals surface area contributed by atoms with Crippen molar-refractivity contribution in [3.8, 4) is 11.1 Å². The van der Waals surface area contributed by atoms with Crippen LogP contribution in [-0.4, -0.2) is 48.7 Å². The zero-order chi connectivity index (χ0) is 17.0. The number of piperazine rings is 1. The number of aliphatic hydroxyl groups is 1. The maximum Gasteiger partial charge on any atom is 0.289 e. The number of aliphatic hydroxyl groups excluding tert-OH is 1. The molecule has 136 valence electrons. The predicted octanol–water partition coefficient (Wildman–Crippen LogP) is 3.35. The Hall–Kier alpha value is -1.53. The van der Waals surface area contributed by atoms with Gasteiger partial charge >= 0.3 is 0 Å². The highest BCUT2D eigenvalue weighted by atomic mass is 35.5. The quantitative estimate of drug-likeness (QED) is 0.849. The number of hydrogen-bond donors (Lipinski definition) is 2. The third-order valence-corrected chi connectivity index (χ3v) is 4.46. The summed E-state index contributed by atoms with van der Waals surface area (Å²) in [6.07, 6.45) is 0. The molecular formula is C19H23ClF2N2O. The molecule has 3 nitrogen and oxygen atoms in total. The molecule has 2 aromatic carbocycles. The summed E-state index contributed by atoms with van der Waals surface area (Å²) in [5, 5.41) is 12.4. The predicted molar refractivity (Wildman–Crippen MR) is 98.3 cm³/mol. The van der Waals surface area contributed by atoms with Crippen molar-refractivity contribution in [3.05, 3.63) is 60.2 Å². The van der Waals surface area contributed by atoms with Crippen molar-refractivity contribution in [2.24, 2.45) is 0 Å². The zero-order valence-electron chi connectivity index (χ0n) is 13.9. The summed E-state index contributed by atoms with van der Waals surface area (Å²) in [6, 6.07) is 16.0.